The van der Waals surface area contributed by atoms with Crippen LogP contribution in [-0.4, -0.2) is 19.7 Å². The minimum Gasteiger partial charge on any atom is -0.306 e. The summed E-state index contributed by atoms with van der Waals surface area (Å²) in [5.74, 6) is 0. The van der Waals surface area contributed by atoms with Gasteiger partial charge in [-0.3, -0.25) is 0 Å². The van der Waals surface area contributed by atoms with Crippen molar-refractivity contribution in [1.29, 1.82) is 0 Å². The fraction of sp³-hybridized carbons (Fsp3) is 0.0444. The minimum absolute atomic E-state index is 0.280. The Morgan fingerprint density at radius 1 is 0.529 bits per heavy atom. The van der Waals surface area contributed by atoms with E-state index < -0.39 is 9.84 Å². The molecule has 5 nitrogen and oxygen atoms in total. The highest BCUT2D eigenvalue weighted by Crippen LogP contribution is 2.55. The highest BCUT2D eigenvalue weighted by atomic mass is 32.2. The molecule has 0 saturated carbocycles. The second-order valence-electron chi connectivity index (χ2n) is 13.0. The van der Waals surface area contributed by atoms with Crippen LogP contribution in [0.25, 0.3) is 44.1 Å². The topological polar surface area (TPSA) is 53.5 Å². The molecule has 0 unspecified atom stereocenters. The Morgan fingerprint density at radius 3 is 1.78 bits per heavy atom. The van der Waals surface area contributed by atoms with Gasteiger partial charge in [0, 0.05) is 22.9 Å². The van der Waals surface area contributed by atoms with Crippen molar-refractivity contribution in [3.05, 3.63) is 169 Å². The number of benzene rings is 7. The van der Waals surface area contributed by atoms with Gasteiger partial charge < -0.3 is 9.80 Å². The van der Waals surface area contributed by atoms with Crippen LogP contribution in [0.15, 0.2) is 169 Å². The number of anilines is 6. The third-order valence-corrected chi connectivity index (χ3v) is 10.9. The Bertz CT molecular complexity index is 2690. The number of aryl methyl sites for hydroxylation is 1. The molecule has 0 spiro atoms. The fourth-order valence-electron chi connectivity index (χ4n) is 7.43. The third kappa shape index (κ3) is 5.15. The summed E-state index contributed by atoms with van der Waals surface area (Å²) in [7, 11) is -3.35. The summed E-state index contributed by atoms with van der Waals surface area (Å²) >= 11 is 0. The Hall–Kier alpha value is -6.24. The van der Waals surface area contributed by atoms with Crippen molar-refractivity contribution in [2.75, 3.05) is 16.1 Å². The van der Waals surface area contributed by atoms with E-state index >= 15 is 0 Å². The summed E-state index contributed by atoms with van der Waals surface area (Å²) < 4.78 is 24.7. The summed E-state index contributed by atoms with van der Waals surface area (Å²) in [5, 5.41) is 3.39. The van der Waals surface area contributed by atoms with E-state index in [4.69, 9.17) is 4.98 Å². The second-order valence-corrected chi connectivity index (χ2v) is 15.0. The zero-order valence-corrected chi connectivity index (χ0v) is 29.0. The molecular formula is C45H33N3O2S. The minimum atomic E-state index is -3.35. The summed E-state index contributed by atoms with van der Waals surface area (Å²) in [6, 6.07) is 56.0. The zero-order chi connectivity index (χ0) is 34.7. The molecule has 246 valence electrons. The van der Waals surface area contributed by atoms with Crippen LogP contribution >= 0.6 is 0 Å². The van der Waals surface area contributed by atoms with Crippen LogP contribution in [0, 0.1) is 6.92 Å². The molecule has 0 N–H and O–H groups in total. The van der Waals surface area contributed by atoms with Crippen LogP contribution in [0.5, 0.6) is 0 Å². The lowest BCUT2D eigenvalue weighted by Gasteiger charge is -2.40. The van der Waals surface area contributed by atoms with E-state index in [1.807, 2.05) is 18.2 Å². The van der Waals surface area contributed by atoms with E-state index in [1.165, 1.54) is 6.26 Å². The third-order valence-electron chi connectivity index (χ3n) is 9.79. The SMILES string of the molecule is Cc1ccc(N2c3ccccc3N(c3ccccc3)c3ccccc32)c2nc(-c3ccc(S(C)(=O)=O)cc3)cc(-c3cccc4ccccc34)c12. The van der Waals surface area contributed by atoms with Gasteiger partial charge in [-0.15, -0.1) is 0 Å². The van der Waals surface area contributed by atoms with Gasteiger partial charge in [0.25, 0.3) is 0 Å². The maximum absolute atomic E-state index is 12.4. The Morgan fingerprint density at radius 2 is 1.12 bits per heavy atom. The van der Waals surface area contributed by atoms with Gasteiger partial charge in [0.15, 0.2) is 9.84 Å². The molecular weight excluding hydrogens is 647 g/mol. The molecule has 6 heteroatoms. The molecule has 1 aliphatic heterocycles. The highest BCUT2D eigenvalue weighted by Gasteiger charge is 2.31. The normalized spacial score (nSPS) is 12.6. The molecule has 0 saturated heterocycles. The Labute approximate surface area is 297 Å². The lowest BCUT2D eigenvalue weighted by molar-refractivity contribution is 0.602. The molecule has 0 fully saturated rings. The monoisotopic (exact) mass is 679 g/mol. The van der Waals surface area contributed by atoms with Gasteiger partial charge in [0.1, 0.15) is 0 Å². The predicted octanol–water partition coefficient (Wildman–Crippen LogP) is 11.7. The second kappa shape index (κ2) is 12.0. The first kappa shape index (κ1) is 30.8. The number of sulfone groups is 1. The molecule has 2 heterocycles. The van der Waals surface area contributed by atoms with Gasteiger partial charge in [-0.2, -0.15) is 0 Å². The maximum Gasteiger partial charge on any atom is 0.175 e. The summed E-state index contributed by atoms with van der Waals surface area (Å²) in [6.07, 6.45) is 1.23. The van der Waals surface area contributed by atoms with E-state index in [0.29, 0.717) is 0 Å². The summed E-state index contributed by atoms with van der Waals surface area (Å²) in [4.78, 5) is 10.4. The van der Waals surface area contributed by atoms with Crippen LogP contribution < -0.4 is 9.80 Å². The molecule has 0 aliphatic carbocycles. The first-order valence-electron chi connectivity index (χ1n) is 16.9. The van der Waals surface area contributed by atoms with Crippen LogP contribution in [0.2, 0.25) is 0 Å². The van der Waals surface area contributed by atoms with Crippen molar-refractivity contribution in [3.63, 3.8) is 0 Å². The Kier molecular flexibility index (Phi) is 7.23. The van der Waals surface area contributed by atoms with Gasteiger partial charge in [-0.05, 0) is 95.1 Å². The van der Waals surface area contributed by atoms with Gasteiger partial charge in [-0.1, -0.05) is 103 Å². The molecule has 7 aromatic carbocycles. The lowest BCUT2D eigenvalue weighted by atomic mass is 9.91. The largest absolute Gasteiger partial charge is 0.306 e. The number of rotatable bonds is 5. The number of hydrogen-bond donors (Lipinski definition) is 0. The summed E-state index contributed by atoms with van der Waals surface area (Å²) in [6.45, 7) is 2.15. The van der Waals surface area contributed by atoms with Crippen LogP contribution in [0.3, 0.4) is 0 Å². The predicted molar refractivity (Wildman–Crippen MR) is 211 cm³/mol. The molecule has 0 atom stereocenters. The van der Waals surface area contributed by atoms with Crippen molar-refractivity contribution < 1.29 is 8.42 Å². The van der Waals surface area contributed by atoms with Gasteiger partial charge >= 0.3 is 0 Å². The van der Waals surface area contributed by atoms with Gasteiger partial charge in [0.2, 0.25) is 0 Å². The van der Waals surface area contributed by atoms with Crippen LogP contribution in [0.1, 0.15) is 5.56 Å². The maximum atomic E-state index is 12.4. The molecule has 8 aromatic rings. The number of para-hydroxylation sites is 5. The number of nitrogens with zero attached hydrogens (tertiary/aromatic N) is 3. The van der Waals surface area contributed by atoms with Gasteiger partial charge in [-0.25, -0.2) is 13.4 Å². The van der Waals surface area contributed by atoms with E-state index in [0.717, 1.165) is 83.7 Å². The van der Waals surface area contributed by atoms with Crippen molar-refractivity contribution in [1.82, 2.24) is 4.98 Å². The standard InChI is InChI=1S/C45H33N3O2S/c1-30-23-28-43(48-41-21-10-8-19-39(41)47(33-15-4-3-5-16-33)40-20-9-11-22-42(40)48)45-44(30)37(36-18-12-14-31-13-6-7-17-35(31)36)29-38(46-45)32-24-26-34(27-25-32)51(2,49)50/h3-29H,1-2H3. The fourth-order valence-corrected chi connectivity index (χ4v) is 8.06. The van der Waals surface area contributed by atoms with Crippen molar-refractivity contribution >= 4 is 65.6 Å². The zero-order valence-electron chi connectivity index (χ0n) is 28.2. The van der Waals surface area contributed by atoms with Crippen molar-refractivity contribution in [3.8, 4) is 22.4 Å². The van der Waals surface area contributed by atoms with E-state index in [1.54, 1.807) is 12.1 Å². The van der Waals surface area contributed by atoms with E-state index in [2.05, 4.69) is 150 Å². The number of pyridine rings is 1. The molecule has 0 radical (unpaired) electrons. The van der Waals surface area contributed by atoms with Gasteiger partial charge in [0.05, 0.1) is 44.5 Å². The van der Waals surface area contributed by atoms with E-state index in [9.17, 15) is 8.42 Å². The number of fused-ring (bicyclic) bond motifs is 4. The van der Waals surface area contributed by atoms with E-state index in [-0.39, 0.29) is 4.90 Å². The number of aromatic nitrogens is 1. The van der Waals surface area contributed by atoms with Crippen molar-refractivity contribution in [2.45, 2.75) is 11.8 Å². The average molecular weight is 680 g/mol. The van der Waals surface area contributed by atoms with Crippen molar-refractivity contribution in [2.24, 2.45) is 0 Å². The quantitative estimate of drug-likeness (QED) is 0.181. The molecule has 51 heavy (non-hydrogen) atoms. The number of hydrogen-bond acceptors (Lipinski definition) is 5. The van der Waals surface area contributed by atoms with Crippen LogP contribution in [-0.2, 0) is 9.84 Å². The smallest absolute Gasteiger partial charge is 0.175 e. The molecule has 0 amide bonds. The summed E-state index contributed by atoms with van der Waals surface area (Å²) in [5.41, 5.74) is 12.0. The lowest BCUT2D eigenvalue weighted by Crippen LogP contribution is -2.24. The molecule has 1 aliphatic rings. The average Bonchev–Trinajstić information content (AvgIpc) is 3.17. The molecule has 0 bridgehead atoms. The molecule has 9 rings (SSSR count). The first-order valence-corrected chi connectivity index (χ1v) is 18.8. The highest BCUT2D eigenvalue weighted by molar-refractivity contribution is 7.90. The van der Waals surface area contributed by atoms with Crippen LogP contribution in [0.4, 0.5) is 34.1 Å². The first-order chi connectivity index (χ1) is 24.9. The molecule has 1 aromatic heterocycles. The Balaban J connectivity index is 1.36.